The van der Waals surface area contributed by atoms with Crippen LogP contribution in [0.5, 0.6) is 0 Å². The molecule has 0 radical (unpaired) electrons. The van der Waals surface area contributed by atoms with Crippen LogP contribution in [0.1, 0.15) is 22.3 Å². The molecule has 0 fully saturated rings. The number of aryl methyl sites for hydroxylation is 4. The third-order valence-electron chi connectivity index (χ3n) is 5.32. The zero-order chi connectivity index (χ0) is 19.0. The van der Waals surface area contributed by atoms with E-state index in [1.807, 2.05) is 6.07 Å². The Labute approximate surface area is 161 Å². The predicted molar refractivity (Wildman–Crippen MR) is 113 cm³/mol. The first-order valence-electron chi connectivity index (χ1n) is 9.33. The quantitative estimate of drug-likeness (QED) is 0.415. The number of hydrogen-bond acceptors (Lipinski definition) is 1. The average molecular weight is 352 g/mol. The van der Waals surface area contributed by atoms with Gasteiger partial charge in [0.2, 0.25) is 0 Å². The van der Waals surface area contributed by atoms with Gasteiger partial charge >= 0.3 is 0 Å². The van der Waals surface area contributed by atoms with Crippen molar-refractivity contribution in [1.82, 2.24) is 9.78 Å². The molecule has 2 nitrogen and oxygen atoms in total. The molecular weight excluding hydrogens is 328 g/mol. The highest BCUT2D eigenvalue weighted by Crippen LogP contribution is 2.30. The molecule has 0 bridgehead atoms. The van der Waals surface area contributed by atoms with Crippen LogP contribution in [0, 0.1) is 27.7 Å². The maximum atomic E-state index is 4.97. The number of rotatable bonds is 3. The first kappa shape index (κ1) is 17.3. The predicted octanol–water partition coefficient (Wildman–Crippen LogP) is 6.44. The van der Waals surface area contributed by atoms with Crippen molar-refractivity contribution in [2.45, 2.75) is 27.7 Å². The molecule has 1 aromatic heterocycles. The molecule has 0 aliphatic rings. The number of nitrogens with zero attached hydrogens (tertiary/aromatic N) is 2. The third-order valence-corrected chi connectivity index (χ3v) is 5.32. The Kier molecular flexibility index (Phi) is 4.41. The van der Waals surface area contributed by atoms with Gasteiger partial charge in [-0.25, -0.2) is 4.68 Å². The van der Waals surface area contributed by atoms with Gasteiger partial charge < -0.3 is 0 Å². The van der Waals surface area contributed by atoms with E-state index >= 15 is 0 Å². The van der Waals surface area contributed by atoms with Crippen LogP contribution in [0.2, 0.25) is 0 Å². The molecule has 134 valence electrons. The Morgan fingerprint density at radius 1 is 0.593 bits per heavy atom. The Morgan fingerprint density at radius 3 is 1.93 bits per heavy atom. The van der Waals surface area contributed by atoms with Gasteiger partial charge in [0.15, 0.2) is 0 Å². The molecule has 1 heterocycles. The number of aromatic nitrogens is 2. The number of benzene rings is 3. The van der Waals surface area contributed by atoms with Crippen LogP contribution in [0.4, 0.5) is 0 Å². The lowest BCUT2D eigenvalue weighted by atomic mass is 10.0. The zero-order valence-electron chi connectivity index (χ0n) is 16.3. The van der Waals surface area contributed by atoms with Gasteiger partial charge in [-0.2, -0.15) is 5.10 Å². The summed E-state index contributed by atoms with van der Waals surface area (Å²) in [5, 5.41) is 4.97. The maximum Gasteiger partial charge on any atom is 0.0934 e. The minimum absolute atomic E-state index is 0.988. The summed E-state index contributed by atoms with van der Waals surface area (Å²) in [5.41, 5.74) is 10.7. The summed E-state index contributed by atoms with van der Waals surface area (Å²) in [4.78, 5) is 0. The molecule has 0 saturated heterocycles. The van der Waals surface area contributed by atoms with Crippen molar-refractivity contribution >= 4 is 0 Å². The summed E-state index contributed by atoms with van der Waals surface area (Å²) in [5.74, 6) is 0. The standard InChI is InChI=1S/C25H24N2/c1-17-10-12-22(14-19(17)3)25-16-24(21-8-6-5-7-9-21)26-27(25)23-13-11-18(2)20(4)15-23/h5-16H,1-4H3. The van der Waals surface area contributed by atoms with E-state index in [1.165, 1.54) is 27.8 Å². The van der Waals surface area contributed by atoms with Crippen LogP contribution in [-0.2, 0) is 0 Å². The largest absolute Gasteiger partial charge is 0.232 e. The van der Waals surface area contributed by atoms with Crippen molar-refractivity contribution in [3.8, 4) is 28.2 Å². The SMILES string of the molecule is Cc1ccc(-c2cc(-c3ccccc3)nn2-c2ccc(C)c(C)c2)cc1C. The van der Waals surface area contributed by atoms with Crippen LogP contribution >= 0.6 is 0 Å². The second-order valence-electron chi connectivity index (χ2n) is 7.26. The van der Waals surface area contributed by atoms with Gasteiger partial charge in [-0.1, -0.05) is 48.5 Å². The Balaban J connectivity index is 1.93. The molecule has 0 spiro atoms. The van der Waals surface area contributed by atoms with Crippen LogP contribution in [0.15, 0.2) is 72.8 Å². The Morgan fingerprint density at radius 2 is 1.26 bits per heavy atom. The van der Waals surface area contributed by atoms with Gasteiger partial charge in [0.1, 0.15) is 0 Å². The van der Waals surface area contributed by atoms with Crippen molar-refractivity contribution in [2.24, 2.45) is 0 Å². The summed E-state index contributed by atoms with van der Waals surface area (Å²) in [6.45, 7) is 8.60. The minimum Gasteiger partial charge on any atom is -0.232 e. The maximum absolute atomic E-state index is 4.97. The van der Waals surface area contributed by atoms with E-state index in [0.717, 1.165) is 22.6 Å². The van der Waals surface area contributed by atoms with E-state index < -0.39 is 0 Å². The topological polar surface area (TPSA) is 17.8 Å². The molecule has 0 aliphatic carbocycles. The highest BCUT2D eigenvalue weighted by molar-refractivity contribution is 5.71. The molecule has 0 unspecified atom stereocenters. The number of hydrogen-bond donors (Lipinski definition) is 0. The van der Waals surface area contributed by atoms with Crippen LogP contribution in [0.3, 0.4) is 0 Å². The van der Waals surface area contributed by atoms with Crippen molar-refractivity contribution in [1.29, 1.82) is 0 Å². The minimum atomic E-state index is 0.988. The zero-order valence-corrected chi connectivity index (χ0v) is 16.3. The lowest BCUT2D eigenvalue weighted by molar-refractivity contribution is 0.889. The molecule has 0 N–H and O–H groups in total. The van der Waals surface area contributed by atoms with Crippen LogP contribution in [-0.4, -0.2) is 9.78 Å². The van der Waals surface area contributed by atoms with Crippen molar-refractivity contribution in [3.63, 3.8) is 0 Å². The van der Waals surface area contributed by atoms with E-state index in [2.05, 4.69) is 99.1 Å². The van der Waals surface area contributed by atoms with Gasteiger partial charge in [-0.3, -0.25) is 0 Å². The highest BCUT2D eigenvalue weighted by Gasteiger charge is 2.14. The second kappa shape index (κ2) is 6.88. The van der Waals surface area contributed by atoms with Crippen molar-refractivity contribution in [2.75, 3.05) is 0 Å². The Hall–Kier alpha value is -3.13. The second-order valence-corrected chi connectivity index (χ2v) is 7.26. The molecule has 3 aromatic carbocycles. The van der Waals surface area contributed by atoms with Crippen molar-refractivity contribution in [3.05, 3.63) is 95.1 Å². The fourth-order valence-corrected chi connectivity index (χ4v) is 3.29. The smallest absolute Gasteiger partial charge is 0.0934 e. The van der Waals surface area contributed by atoms with E-state index in [1.54, 1.807) is 0 Å². The van der Waals surface area contributed by atoms with Gasteiger partial charge in [-0.05, 0) is 74.2 Å². The lowest BCUT2D eigenvalue weighted by Crippen LogP contribution is -2.00. The molecule has 0 aliphatic heterocycles. The van der Waals surface area contributed by atoms with Gasteiger partial charge in [0.05, 0.1) is 17.1 Å². The summed E-state index contributed by atoms with van der Waals surface area (Å²) >= 11 is 0. The highest BCUT2D eigenvalue weighted by atomic mass is 15.3. The summed E-state index contributed by atoms with van der Waals surface area (Å²) in [6.07, 6.45) is 0. The Bertz CT molecular complexity index is 1040. The monoisotopic (exact) mass is 352 g/mol. The molecule has 0 atom stereocenters. The molecule has 4 rings (SSSR count). The first-order valence-corrected chi connectivity index (χ1v) is 9.33. The first-order chi connectivity index (χ1) is 13.0. The van der Waals surface area contributed by atoms with E-state index in [-0.39, 0.29) is 0 Å². The molecule has 4 aromatic rings. The summed E-state index contributed by atoms with van der Waals surface area (Å²) < 4.78 is 2.07. The van der Waals surface area contributed by atoms with E-state index in [9.17, 15) is 0 Å². The van der Waals surface area contributed by atoms with Crippen LogP contribution in [0.25, 0.3) is 28.2 Å². The summed E-state index contributed by atoms with van der Waals surface area (Å²) in [6, 6.07) is 25.7. The molecule has 2 heteroatoms. The normalized spacial score (nSPS) is 11.0. The van der Waals surface area contributed by atoms with Crippen LogP contribution < -0.4 is 0 Å². The third kappa shape index (κ3) is 3.31. The average Bonchev–Trinajstić information content (AvgIpc) is 3.12. The lowest BCUT2D eigenvalue weighted by Gasteiger charge is -2.11. The van der Waals surface area contributed by atoms with E-state index in [0.29, 0.717) is 0 Å². The van der Waals surface area contributed by atoms with Gasteiger partial charge in [0.25, 0.3) is 0 Å². The molecule has 27 heavy (non-hydrogen) atoms. The van der Waals surface area contributed by atoms with E-state index in [4.69, 9.17) is 5.10 Å². The van der Waals surface area contributed by atoms with Crippen molar-refractivity contribution < 1.29 is 0 Å². The molecule has 0 saturated carbocycles. The molecule has 0 amide bonds. The fraction of sp³-hybridized carbons (Fsp3) is 0.160. The van der Waals surface area contributed by atoms with Gasteiger partial charge in [0, 0.05) is 11.1 Å². The van der Waals surface area contributed by atoms with Gasteiger partial charge in [-0.15, -0.1) is 0 Å². The summed E-state index contributed by atoms with van der Waals surface area (Å²) in [7, 11) is 0. The fourth-order valence-electron chi connectivity index (χ4n) is 3.29. The molecular formula is C25H24N2.